The van der Waals surface area contributed by atoms with E-state index >= 15 is 0 Å². The average molecular weight is 665 g/mol. The summed E-state index contributed by atoms with van der Waals surface area (Å²) in [5.41, 5.74) is 7.89. The molecule has 3 heterocycles. The van der Waals surface area contributed by atoms with Crippen LogP contribution in [0.4, 0.5) is 0 Å². The van der Waals surface area contributed by atoms with Gasteiger partial charge in [-0.05, 0) is 52.6 Å². The van der Waals surface area contributed by atoms with Gasteiger partial charge in [-0.2, -0.15) is 0 Å². The summed E-state index contributed by atoms with van der Waals surface area (Å²) < 4.78 is 9.06. The van der Waals surface area contributed by atoms with Gasteiger partial charge >= 0.3 is 0 Å². The molecule has 8 aromatic carbocycles. The third-order valence-electron chi connectivity index (χ3n) is 10.2. The minimum Gasteiger partial charge on any atom is -0.455 e. The van der Waals surface area contributed by atoms with Gasteiger partial charge in [-0.1, -0.05) is 133 Å². The van der Waals surface area contributed by atoms with Crippen molar-refractivity contribution in [2.45, 2.75) is 0 Å². The molecule has 0 saturated heterocycles. The van der Waals surface area contributed by atoms with E-state index in [9.17, 15) is 0 Å². The van der Waals surface area contributed by atoms with E-state index in [1.165, 1.54) is 32.6 Å². The van der Waals surface area contributed by atoms with Crippen molar-refractivity contribution >= 4 is 65.3 Å². The molecule has 0 aliphatic rings. The average Bonchev–Trinajstić information content (AvgIpc) is 3.77. The van der Waals surface area contributed by atoms with E-state index in [0.717, 1.165) is 55.1 Å². The highest BCUT2D eigenvalue weighted by molar-refractivity contribution is 6.22. The number of furan rings is 1. The molecular weight excluding hydrogens is 637 g/mol. The number of nitrogens with zero attached hydrogens (tertiary/aromatic N) is 4. The monoisotopic (exact) mass is 664 g/mol. The van der Waals surface area contributed by atoms with Gasteiger partial charge < -0.3 is 8.98 Å². The van der Waals surface area contributed by atoms with Crippen molar-refractivity contribution < 1.29 is 4.42 Å². The first-order valence-corrected chi connectivity index (χ1v) is 17.5. The first-order chi connectivity index (χ1) is 25.8. The predicted molar refractivity (Wildman–Crippen MR) is 213 cm³/mol. The van der Waals surface area contributed by atoms with E-state index in [1.54, 1.807) is 0 Å². The van der Waals surface area contributed by atoms with Gasteiger partial charge in [0.05, 0.1) is 11.0 Å². The number of fused-ring (bicyclic) bond motifs is 10. The molecule has 0 fully saturated rings. The molecule has 0 radical (unpaired) electrons. The van der Waals surface area contributed by atoms with Crippen LogP contribution in [0.25, 0.3) is 105 Å². The molecule has 0 aliphatic heterocycles. The number of hydrogen-bond acceptors (Lipinski definition) is 4. The van der Waals surface area contributed by atoms with Crippen LogP contribution in [0, 0.1) is 0 Å². The molecule has 3 aromatic heterocycles. The molecule has 0 spiro atoms. The summed E-state index contributed by atoms with van der Waals surface area (Å²) in [6.07, 6.45) is 0. The van der Waals surface area contributed by atoms with Crippen LogP contribution >= 0.6 is 0 Å². The molecular formula is C47H28N4O. The van der Waals surface area contributed by atoms with Crippen LogP contribution in [0.15, 0.2) is 174 Å². The minimum absolute atomic E-state index is 0.616. The number of hydrogen-bond donors (Lipinski definition) is 0. The Balaban J connectivity index is 1.19. The predicted octanol–water partition coefficient (Wildman–Crippen LogP) is 12.2. The standard InChI is InChI=1S/C47H28N4O/c1-3-14-30(15-4-1)45-48-46(31-16-5-2-6-17-31)50-47(49-45)39-28-38-37-27-32(24-26-42(37)52-44(38)35-20-10-9-19-34(35)39)51-40-22-12-11-21-36(40)43-33-18-8-7-13-29(33)23-25-41(43)51/h1-28H. The number of benzene rings is 8. The number of aromatic nitrogens is 4. The Morgan fingerprint density at radius 2 is 1.02 bits per heavy atom. The summed E-state index contributed by atoms with van der Waals surface area (Å²) in [6, 6.07) is 59.1. The Morgan fingerprint density at radius 1 is 0.404 bits per heavy atom. The lowest BCUT2D eigenvalue weighted by atomic mass is 9.99. The summed E-state index contributed by atoms with van der Waals surface area (Å²) in [6.45, 7) is 0. The van der Waals surface area contributed by atoms with Crippen molar-refractivity contribution in [3.05, 3.63) is 170 Å². The molecule has 11 aromatic rings. The maximum Gasteiger partial charge on any atom is 0.164 e. The van der Waals surface area contributed by atoms with Crippen LogP contribution in [0.1, 0.15) is 0 Å². The first-order valence-electron chi connectivity index (χ1n) is 17.5. The van der Waals surface area contributed by atoms with Crippen LogP contribution in [0.5, 0.6) is 0 Å². The molecule has 0 N–H and O–H groups in total. The highest BCUT2D eigenvalue weighted by atomic mass is 16.3. The molecule has 0 atom stereocenters. The lowest BCUT2D eigenvalue weighted by Gasteiger charge is -2.11. The second-order valence-electron chi connectivity index (χ2n) is 13.2. The fraction of sp³-hybridized carbons (Fsp3) is 0. The Bertz CT molecular complexity index is 3120. The Hall–Kier alpha value is -7.11. The van der Waals surface area contributed by atoms with Gasteiger partial charge in [0.25, 0.3) is 0 Å². The Labute approximate surface area is 298 Å². The molecule has 0 aliphatic carbocycles. The minimum atomic E-state index is 0.616. The third-order valence-corrected chi connectivity index (χ3v) is 10.2. The van der Waals surface area contributed by atoms with Gasteiger partial charge in [0, 0.05) is 49.3 Å². The van der Waals surface area contributed by atoms with E-state index in [2.05, 4.69) is 114 Å². The maximum atomic E-state index is 6.69. The molecule has 5 heteroatoms. The smallest absolute Gasteiger partial charge is 0.164 e. The van der Waals surface area contributed by atoms with E-state index in [1.807, 2.05) is 60.7 Å². The summed E-state index contributed by atoms with van der Waals surface area (Å²) in [5, 5.41) is 9.06. The molecule has 0 amide bonds. The highest BCUT2D eigenvalue weighted by Crippen LogP contribution is 2.42. The maximum absolute atomic E-state index is 6.69. The van der Waals surface area contributed by atoms with Gasteiger partial charge in [-0.15, -0.1) is 0 Å². The van der Waals surface area contributed by atoms with Gasteiger partial charge in [-0.25, -0.2) is 15.0 Å². The van der Waals surface area contributed by atoms with E-state index in [0.29, 0.717) is 17.5 Å². The van der Waals surface area contributed by atoms with E-state index < -0.39 is 0 Å². The van der Waals surface area contributed by atoms with Crippen molar-refractivity contribution in [3.8, 4) is 39.9 Å². The zero-order valence-corrected chi connectivity index (χ0v) is 27.9. The Kier molecular flexibility index (Phi) is 6.18. The van der Waals surface area contributed by atoms with Crippen LogP contribution in [-0.4, -0.2) is 19.5 Å². The molecule has 52 heavy (non-hydrogen) atoms. The molecule has 11 rings (SSSR count). The summed E-state index contributed by atoms with van der Waals surface area (Å²) in [5.74, 6) is 1.88. The largest absolute Gasteiger partial charge is 0.455 e. The van der Waals surface area contributed by atoms with Gasteiger partial charge in [-0.3, -0.25) is 0 Å². The zero-order valence-electron chi connectivity index (χ0n) is 27.9. The van der Waals surface area contributed by atoms with E-state index in [-0.39, 0.29) is 0 Å². The second kappa shape index (κ2) is 11.2. The molecule has 242 valence electrons. The van der Waals surface area contributed by atoms with Crippen molar-refractivity contribution in [2.75, 3.05) is 0 Å². The quantitative estimate of drug-likeness (QED) is 0.188. The van der Waals surface area contributed by atoms with Crippen LogP contribution < -0.4 is 0 Å². The van der Waals surface area contributed by atoms with Crippen molar-refractivity contribution in [1.29, 1.82) is 0 Å². The summed E-state index contributed by atoms with van der Waals surface area (Å²) >= 11 is 0. The van der Waals surface area contributed by atoms with Crippen LogP contribution in [0.2, 0.25) is 0 Å². The van der Waals surface area contributed by atoms with Crippen molar-refractivity contribution in [3.63, 3.8) is 0 Å². The number of para-hydroxylation sites is 1. The van der Waals surface area contributed by atoms with Gasteiger partial charge in [0.15, 0.2) is 17.5 Å². The van der Waals surface area contributed by atoms with Crippen LogP contribution in [-0.2, 0) is 0 Å². The van der Waals surface area contributed by atoms with E-state index in [4.69, 9.17) is 19.4 Å². The zero-order chi connectivity index (χ0) is 34.2. The fourth-order valence-corrected chi connectivity index (χ4v) is 7.86. The summed E-state index contributed by atoms with van der Waals surface area (Å²) in [4.78, 5) is 15.2. The molecule has 5 nitrogen and oxygen atoms in total. The normalized spacial score (nSPS) is 11.8. The lowest BCUT2D eigenvalue weighted by molar-refractivity contribution is 0.672. The SMILES string of the molecule is c1ccc(-c2nc(-c3ccccc3)nc(-c3cc4c5cc(-n6c7ccccc7c7c8ccccc8ccc76)ccc5oc4c4ccccc34)n2)cc1. The topological polar surface area (TPSA) is 56.7 Å². The van der Waals surface area contributed by atoms with Crippen molar-refractivity contribution in [2.24, 2.45) is 0 Å². The van der Waals surface area contributed by atoms with Crippen LogP contribution in [0.3, 0.4) is 0 Å². The third kappa shape index (κ3) is 4.33. The van der Waals surface area contributed by atoms with Gasteiger partial charge in [0.2, 0.25) is 0 Å². The molecule has 0 bridgehead atoms. The first kappa shape index (κ1) is 28.7. The second-order valence-corrected chi connectivity index (χ2v) is 13.2. The van der Waals surface area contributed by atoms with Crippen molar-refractivity contribution in [1.82, 2.24) is 19.5 Å². The summed E-state index contributed by atoms with van der Waals surface area (Å²) in [7, 11) is 0. The highest BCUT2D eigenvalue weighted by Gasteiger charge is 2.20. The molecule has 0 saturated carbocycles. The Morgan fingerprint density at radius 3 is 1.77 bits per heavy atom. The van der Waals surface area contributed by atoms with Gasteiger partial charge in [0.1, 0.15) is 11.2 Å². The molecule has 0 unspecified atom stereocenters. The number of rotatable bonds is 4. The fourth-order valence-electron chi connectivity index (χ4n) is 7.86. The lowest BCUT2D eigenvalue weighted by Crippen LogP contribution is -2.00.